The van der Waals surface area contributed by atoms with Gasteiger partial charge in [0.1, 0.15) is 11.2 Å². The van der Waals surface area contributed by atoms with Crippen LogP contribution in [0.25, 0.3) is 104 Å². The van der Waals surface area contributed by atoms with Gasteiger partial charge in [-0.25, -0.2) is 0 Å². The van der Waals surface area contributed by atoms with E-state index in [1.54, 1.807) is 0 Å². The predicted molar refractivity (Wildman–Crippen MR) is 286 cm³/mol. The van der Waals surface area contributed by atoms with Crippen molar-refractivity contribution in [2.24, 2.45) is 0 Å². The van der Waals surface area contributed by atoms with Crippen LogP contribution in [0, 0.1) is 0 Å². The summed E-state index contributed by atoms with van der Waals surface area (Å²) in [5, 5.41) is 9.49. The Morgan fingerprint density at radius 3 is 1.75 bits per heavy atom. The van der Waals surface area contributed by atoms with Crippen molar-refractivity contribution in [1.82, 2.24) is 4.57 Å². The van der Waals surface area contributed by atoms with E-state index in [9.17, 15) is 0 Å². The lowest BCUT2D eigenvalue weighted by Gasteiger charge is -2.30. The highest BCUT2D eigenvalue weighted by Gasteiger charge is 2.35. The fraction of sp³-hybridized carbons (Fsp3) is 0.0462. The minimum Gasteiger partial charge on any atom is -0.455 e. The first-order valence-corrected chi connectivity index (χ1v) is 23.6. The molecule has 0 unspecified atom stereocenters. The zero-order valence-electron chi connectivity index (χ0n) is 37.7. The summed E-state index contributed by atoms with van der Waals surface area (Å²) in [6.45, 7) is 4.73. The van der Waals surface area contributed by atoms with Crippen LogP contribution >= 0.6 is 0 Å². The van der Waals surface area contributed by atoms with Crippen molar-refractivity contribution < 1.29 is 4.42 Å². The third-order valence-electron chi connectivity index (χ3n) is 14.8. The zero-order chi connectivity index (χ0) is 45.1. The fourth-order valence-corrected chi connectivity index (χ4v) is 11.6. The molecule has 3 nitrogen and oxygen atoms in total. The number of nitrogens with zero attached hydrogens (tertiary/aromatic N) is 2. The summed E-state index contributed by atoms with van der Waals surface area (Å²) in [6.07, 6.45) is 0. The van der Waals surface area contributed by atoms with Crippen LogP contribution in [0.15, 0.2) is 235 Å². The lowest BCUT2D eigenvalue weighted by Crippen LogP contribution is -2.15. The second-order valence-corrected chi connectivity index (χ2v) is 18.8. The number of fused-ring (bicyclic) bond motifs is 12. The summed E-state index contributed by atoms with van der Waals surface area (Å²) >= 11 is 0. The van der Waals surface area contributed by atoms with Crippen LogP contribution in [-0.2, 0) is 5.41 Å². The van der Waals surface area contributed by atoms with E-state index < -0.39 is 0 Å². The molecule has 0 fully saturated rings. The van der Waals surface area contributed by atoms with Gasteiger partial charge in [-0.15, -0.1) is 0 Å². The van der Waals surface area contributed by atoms with Crippen LogP contribution in [0.1, 0.15) is 25.0 Å². The number of para-hydroxylation sites is 4. The van der Waals surface area contributed by atoms with E-state index in [2.05, 4.69) is 254 Å². The average Bonchev–Trinajstić information content (AvgIpc) is 4.02. The molecule has 13 aromatic rings. The number of hydrogen-bond acceptors (Lipinski definition) is 2. The standard InChI is InChI=1S/C65H44N2O/c1-65(2)57-26-12-7-21-49(57)50-36-33-43(37-58(50)65)47-19-8-13-27-59(47)67(62-38-42-17-3-4-18-46(42)48-20-5-6-22-51(48)62)45-39-55(64-56(40-45)54-25-11-16-30-63(54)68-64)41-31-34-44(35-32-41)66-60-28-14-9-23-52(60)53-24-10-15-29-61(53)66/h3-40H,1-2H3. The molecule has 0 bridgehead atoms. The first-order chi connectivity index (χ1) is 33.5. The summed E-state index contributed by atoms with van der Waals surface area (Å²) in [4.78, 5) is 2.51. The van der Waals surface area contributed by atoms with E-state index in [0.717, 1.165) is 61.4 Å². The van der Waals surface area contributed by atoms with E-state index in [1.807, 2.05) is 0 Å². The highest BCUT2D eigenvalue weighted by Crippen LogP contribution is 2.52. The monoisotopic (exact) mass is 868 g/mol. The quantitative estimate of drug-likeness (QED) is 0.155. The maximum Gasteiger partial charge on any atom is 0.143 e. The number of aromatic nitrogens is 1. The predicted octanol–water partition coefficient (Wildman–Crippen LogP) is 18.1. The third kappa shape index (κ3) is 5.66. The van der Waals surface area contributed by atoms with E-state index in [0.29, 0.717) is 0 Å². The summed E-state index contributed by atoms with van der Waals surface area (Å²) in [7, 11) is 0. The van der Waals surface area contributed by atoms with Gasteiger partial charge in [0, 0.05) is 54.8 Å². The first kappa shape index (κ1) is 38.6. The van der Waals surface area contributed by atoms with Gasteiger partial charge < -0.3 is 13.9 Å². The number of furan rings is 1. The highest BCUT2D eigenvalue weighted by molar-refractivity contribution is 6.17. The lowest BCUT2D eigenvalue weighted by molar-refractivity contribution is 0.660. The van der Waals surface area contributed by atoms with Gasteiger partial charge in [-0.2, -0.15) is 0 Å². The van der Waals surface area contributed by atoms with Gasteiger partial charge in [0.25, 0.3) is 0 Å². The normalized spacial score (nSPS) is 13.0. The molecule has 320 valence electrons. The fourth-order valence-electron chi connectivity index (χ4n) is 11.6. The van der Waals surface area contributed by atoms with E-state index in [4.69, 9.17) is 4.42 Å². The molecule has 0 atom stereocenters. The van der Waals surface area contributed by atoms with Crippen molar-refractivity contribution in [2.45, 2.75) is 19.3 Å². The molecule has 0 aliphatic heterocycles. The molecule has 3 heteroatoms. The SMILES string of the molecule is CC1(C)c2ccccc2-c2ccc(-c3ccccc3N(c3cc(-c4ccc(-n5c6ccccc6c6ccccc65)cc4)c4oc5ccccc5c4c3)c3cc4ccccc4c4ccccc34)cc21. The van der Waals surface area contributed by atoms with E-state index in [1.165, 1.54) is 71.2 Å². The molecule has 11 aromatic carbocycles. The second kappa shape index (κ2) is 14.7. The van der Waals surface area contributed by atoms with Gasteiger partial charge in [-0.05, 0) is 110 Å². The van der Waals surface area contributed by atoms with Gasteiger partial charge >= 0.3 is 0 Å². The van der Waals surface area contributed by atoms with E-state index in [-0.39, 0.29) is 5.41 Å². The summed E-state index contributed by atoms with van der Waals surface area (Å²) in [5.74, 6) is 0. The molecule has 1 aliphatic rings. The second-order valence-electron chi connectivity index (χ2n) is 18.8. The van der Waals surface area contributed by atoms with Crippen molar-refractivity contribution in [2.75, 3.05) is 4.90 Å². The molecule has 0 N–H and O–H groups in total. The summed E-state index contributed by atoms with van der Waals surface area (Å²) < 4.78 is 9.27. The maximum absolute atomic E-state index is 6.89. The molecule has 68 heavy (non-hydrogen) atoms. The minimum atomic E-state index is -0.134. The number of rotatable bonds is 6. The Kier molecular flexibility index (Phi) is 8.33. The van der Waals surface area contributed by atoms with Crippen molar-refractivity contribution in [3.63, 3.8) is 0 Å². The molecule has 0 spiro atoms. The van der Waals surface area contributed by atoms with Crippen molar-refractivity contribution in [1.29, 1.82) is 0 Å². The first-order valence-electron chi connectivity index (χ1n) is 23.6. The highest BCUT2D eigenvalue weighted by atomic mass is 16.3. The van der Waals surface area contributed by atoms with Gasteiger partial charge in [0.05, 0.1) is 22.4 Å². The summed E-state index contributed by atoms with van der Waals surface area (Å²) in [5.41, 5.74) is 18.2. The van der Waals surface area contributed by atoms with Crippen molar-refractivity contribution >= 4 is 82.4 Å². The van der Waals surface area contributed by atoms with Gasteiger partial charge in [0.2, 0.25) is 0 Å². The van der Waals surface area contributed by atoms with Crippen LogP contribution in [0.2, 0.25) is 0 Å². The zero-order valence-corrected chi connectivity index (χ0v) is 37.7. The molecule has 2 heterocycles. The maximum atomic E-state index is 6.89. The number of hydrogen-bond donors (Lipinski definition) is 0. The molecular weight excluding hydrogens is 825 g/mol. The van der Waals surface area contributed by atoms with Gasteiger partial charge in [-0.3, -0.25) is 0 Å². The van der Waals surface area contributed by atoms with Gasteiger partial charge in [-0.1, -0.05) is 184 Å². The van der Waals surface area contributed by atoms with Crippen LogP contribution < -0.4 is 4.90 Å². The van der Waals surface area contributed by atoms with Crippen molar-refractivity contribution in [3.05, 3.63) is 242 Å². The molecule has 0 saturated carbocycles. The number of anilines is 3. The average molecular weight is 869 g/mol. The Hall–Kier alpha value is -8.66. The molecule has 0 saturated heterocycles. The molecule has 0 radical (unpaired) electrons. The topological polar surface area (TPSA) is 21.3 Å². The van der Waals surface area contributed by atoms with Crippen LogP contribution in [0.5, 0.6) is 0 Å². The van der Waals surface area contributed by atoms with Crippen LogP contribution in [-0.4, -0.2) is 4.57 Å². The lowest BCUT2D eigenvalue weighted by atomic mass is 9.81. The third-order valence-corrected chi connectivity index (χ3v) is 14.8. The molecule has 1 aliphatic carbocycles. The largest absolute Gasteiger partial charge is 0.455 e. The molecule has 14 rings (SSSR count). The Labute approximate surface area is 394 Å². The Morgan fingerprint density at radius 1 is 0.382 bits per heavy atom. The minimum absolute atomic E-state index is 0.134. The Morgan fingerprint density at radius 2 is 0.971 bits per heavy atom. The van der Waals surface area contributed by atoms with Crippen LogP contribution in [0.3, 0.4) is 0 Å². The van der Waals surface area contributed by atoms with E-state index >= 15 is 0 Å². The summed E-state index contributed by atoms with van der Waals surface area (Å²) in [6, 6.07) is 84.6. The molecular formula is C65H44N2O. The Bertz CT molecular complexity index is 4130. The molecule has 2 aromatic heterocycles. The van der Waals surface area contributed by atoms with Gasteiger partial charge in [0.15, 0.2) is 0 Å². The van der Waals surface area contributed by atoms with Crippen molar-refractivity contribution in [3.8, 4) is 39.1 Å². The molecule has 0 amide bonds. The smallest absolute Gasteiger partial charge is 0.143 e. The Balaban J connectivity index is 1.02. The van der Waals surface area contributed by atoms with Crippen LogP contribution in [0.4, 0.5) is 17.1 Å². The number of benzene rings is 11.